The normalized spacial score (nSPS) is 22.1. The zero-order valence-corrected chi connectivity index (χ0v) is 17.4. The molecule has 0 unspecified atom stereocenters. The van der Waals surface area contributed by atoms with Gasteiger partial charge in [0.1, 0.15) is 0 Å². The second-order valence-electron chi connectivity index (χ2n) is 8.32. The van der Waals surface area contributed by atoms with Crippen LogP contribution in [0.15, 0.2) is 96.5 Å². The fourth-order valence-electron chi connectivity index (χ4n) is 4.96. The molecule has 2 aromatic rings. The summed E-state index contributed by atoms with van der Waals surface area (Å²) in [5.74, 6) is 2.51. The van der Waals surface area contributed by atoms with Crippen molar-refractivity contribution in [1.82, 2.24) is 10.6 Å². The van der Waals surface area contributed by atoms with Crippen LogP contribution in [-0.2, 0) is 0 Å². The summed E-state index contributed by atoms with van der Waals surface area (Å²) >= 11 is 0. The maximum atomic E-state index is 3.45. The molecule has 3 aliphatic rings. The number of allylic oxidation sites excluding steroid dienone is 4. The Labute approximate surface area is 175 Å². The molecule has 2 N–H and O–H groups in total. The molecular formula is C27H32N2. The largest absolute Gasteiger partial charge is 0.387 e. The second-order valence-corrected chi connectivity index (χ2v) is 8.32. The Morgan fingerprint density at radius 1 is 0.793 bits per heavy atom. The van der Waals surface area contributed by atoms with Crippen LogP contribution in [0, 0.1) is 11.8 Å². The monoisotopic (exact) mass is 384 g/mol. The lowest BCUT2D eigenvalue weighted by Gasteiger charge is -2.24. The van der Waals surface area contributed by atoms with Gasteiger partial charge in [-0.3, -0.25) is 0 Å². The standard InChI is InChI=1S/C20H20N2.C7H12/c1-21-18-14-8-9-15-22-20(18)19(16-10-4-2-5-11-16)17-12-6-3-7-13-17;1-2-7-4-3-6(1)5-7/h2-15,19,21-22H,1H3;6-7H,1-5H2. The van der Waals surface area contributed by atoms with E-state index in [1.54, 1.807) is 32.1 Å². The average Bonchev–Trinajstić information content (AvgIpc) is 3.37. The summed E-state index contributed by atoms with van der Waals surface area (Å²) in [5.41, 5.74) is 4.80. The summed E-state index contributed by atoms with van der Waals surface area (Å²) in [6.07, 6.45) is 16.0. The lowest BCUT2D eigenvalue weighted by atomic mass is 9.87. The highest BCUT2D eigenvalue weighted by molar-refractivity contribution is 5.45. The maximum absolute atomic E-state index is 3.45. The molecular weight excluding hydrogens is 352 g/mol. The van der Waals surface area contributed by atoms with Crippen LogP contribution in [0.25, 0.3) is 0 Å². The molecule has 0 amide bonds. The minimum absolute atomic E-state index is 0.164. The molecule has 2 aliphatic carbocycles. The van der Waals surface area contributed by atoms with Gasteiger partial charge in [0, 0.05) is 13.2 Å². The van der Waals surface area contributed by atoms with Crippen molar-refractivity contribution >= 4 is 0 Å². The van der Waals surface area contributed by atoms with Gasteiger partial charge in [-0.15, -0.1) is 0 Å². The Bertz CT molecular complexity index is 806. The highest BCUT2D eigenvalue weighted by atomic mass is 14.9. The maximum Gasteiger partial charge on any atom is 0.0543 e. The van der Waals surface area contributed by atoms with Crippen LogP contribution in [-0.4, -0.2) is 7.05 Å². The zero-order chi connectivity index (χ0) is 19.9. The quantitative estimate of drug-likeness (QED) is 0.663. The van der Waals surface area contributed by atoms with Crippen molar-refractivity contribution in [3.63, 3.8) is 0 Å². The van der Waals surface area contributed by atoms with Crippen molar-refractivity contribution < 1.29 is 0 Å². The van der Waals surface area contributed by atoms with Gasteiger partial charge in [-0.05, 0) is 41.5 Å². The summed E-state index contributed by atoms with van der Waals surface area (Å²) in [4.78, 5) is 0. The van der Waals surface area contributed by atoms with Crippen molar-refractivity contribution in [2.75, 3.05) is 7.05 Å². The van der Waals surface area contributed by atoms with Crippen LogP contribution in [0.4, 0.5) is 0 Å². The van der Waals surface area contributed by atoms with Crippen LogP contribution in [0.2, 0.25) is 0 Å². The Morgan fingerprint density at radius 2 is 1.34 bits per heavy atom. The van der Waals surface area contributed by atoms with E-state index in [0.717, 1.165) is 11.4 Å². The van der Waals surface area contributed by atoms with Crippen LogP contribution >= 0.6 is 0 Å². The van der Waals surface area contributed by atoms with Crippen LogP contribution in [0.3, 0.4) is 0 Å². The van der Waals surface area contributed by atoms with E-state index in [1.165, 1.54) is 23.0 Å². The number of likely N-dealkylation sites (N-methyl/N-ethyl adjacent to an activating group) is 1. The van der Waals surface area contributed by atoms with E-state index in [1.807, 2.05) is 25.4 Å². The van der Waals surface area contributed by atoms with Gasteiger partial charge in [0.2, 0.25) is 0 Å². The third-order valence-corrected chi connectivity index (χ3v) is 6.46. The minimum Gasteiger partial charge on any atom is -0.387 e. The van der Waals surface area contributed by atoms with Gasteiger partial charge >= 0.3 is 0 Å². The van der Waals surface area contributed by atoms with E-state index >= 15 is 0 Å². The molecule has 0 atom stereocenters. The Hall–Kier alpha value is -2.74. The van der Waals surface area contributed by atoms with E-state index in [9.17, 15) is 0 Å². The van der Waals surface area contributed by atoms with Crippen molar-refractivity contribution in [2.45, 2.75) is 38.0 Å². The number of nitrogens with one attached hydrogen (secondary N) is 2. The molecule has 0 aromatic heterocycles. The molecule has 5 rings (SSSR count). The molecule has 1 aliphatic heterocycles. The molecule has 2 fully saturated rings. The van der Waals surface area contributed by atoms with Gasteiger partial charge in [-0.1, -0.05) is 92.4 Å². The number of hydrogen-bond acceptors (Lipinski definition) is 2. The fourth-order valence-corrected chi connectivity index (χ4v) is 4.96. The van der Waals surface area contributed by atoms with Crippen molar-refractivity contribution in [2.24, 2.45) is 11.8 Å². The summed E-state index contributed by atoms with van der Waals surface area (Å²) in [6, 6.07) is 21.2. The van der Waals surface area contributed by atoms with Crippen molar-refractivity contribution in [1.29, 1.82) is 0 Å². The van der Waals surface area contributed by atoms with Crippen molar-refractivity contribution in [3.8, 4) is 0 Å². The average molecular weight is 385 g/mol. The third-order valence-electron chi connectivity index (χ3n) is 6.46. The predicted molar refractivity (Wildman–Crippen MR) is 122 cm³/mol. The summed E-state index contributed by atoms with van der Waals surface area (Å²) in [7, 11) is 1.96. The van der Waals surface area contributed by atoms with Gasteiger partial charge in [0.15, 0.2) is 0 Å². The Kier molecular flexibility index (Phi) is 6.51. The second kappa shape index (κ2) is 9.65. The Morgan fingerprint density at radius 3 is 1.79 bits per heavy atom. The van der Waals surface area contributed by atoms with Crippen LogP contribution in [0.5, 0.6) is 0 Å². The Balaban J connectivity index is 0.000000243. The molecule has 0 saturated heterocycles. The van der Waals surface area contributed by atoms with Crippen LogP contribution in [0.1, 0.15) is 49.1 Å². The molecule has 0 radical (unpaired) electrons. The molecule has 2 saturated carbocycles. The number of hydrogen-bond donors (Lipinski definition) is 2. The molecule has 2 bridgehead atoms. The molecule has 29 heavy (non-hydrogen) atoms. The van der Waals surface area contributed by atoms with Gasteiger partial charge in [0.25, 0.3) is 0 Å². The molecule has 1 heterocycles. The summed E-state index contributed by atoms with van der Waals surface area (Å²) in [5, 5.41) is 6.76. The highest BCUT2D eigenvalue weighted by Crippen LogP contribution is 2.43. The lowest BCUT2D eigenvalue weighted by molar-refractivity contribution is 0.480. The first-order valence-corrected chi connectivity index (χ1v) is 11.0. The first-order chi connectivity index (χ1) is 14.3. The first-order valence-electron chi connectivity index (χ1n) is 11.0. The summed E-state index contributed by atoms with van der Waals surface area (Å²) in [6.45, 7) is 0. The molecule has 150 valence electrons. The smallest absolute Gasteiger partial charge is 0.0543 e. The highest BCUT2D eigenvalue weighted by Gasteiger charge is 2.30. The van der Waals surface area contributed by atoms with Gasteiger partial charge in [-0.2, -0.15) is 0 Å². The SMILES string of the molecule is C1CC2CCC1C2.CNC1=C(C(c2ccccc2)c2ccccc2)NC=CC=C1. The molecule has 0 spiro atoms. The number of fused-ring (bicyclic) bond motifs is 2. The van der Waals surface area contributed by atoms with E-state index < -0.39 is 0 Å². The van der Waals surface area contributed by atoms with Crippen LogP contribution < -0.4 is 10.6 Å². The first kappa shape index (κ1) is 19.6. The van der Waals surface area contributed by atoms with E-state index in [2.05, 4.69) is 77.4 Å². The van der Waals surface area contributed by atoms with E-state index in [-0.39, 0.29) is 5.92 Å². The number of rotatable bonds is 4. The fraction of sp³-hybridized carbons (Fsp3) is 0.333. The van der Waals surface area contributed by atoms with E-state index in [4.69, 9.17) is 0 Å². The van der Waals surface area contributed by atoms with E-state index in [0.29, 0.717) is 0 Å². The topological polar surface area (TPSA) is 24.1 Å². The zero-order valence-electron chi connectivity index (χ0n) is 17.4. The minimum atomic E-state index is 0.164. The van der Waals surface area contributed by atoms with Gasteiger partial charge in [0.05, 0.1) is 17.3 Å². The number of benzene rings is 2. The molecule has 2 aromatic carbocycles. The molecule has 2 heteroatoms. The predicted octanol–water partition coefficient (Wildman–Crippen LogP) is 6.12. The van der Waals surface area contributed by atoms with Gasteiger partial charge < -0.3 is 10.6 Å². The summed E-state index contributed by atoms with van der Waals surface area (Å²) < 4.78 is 0. The third kappa shape index (κ3) is 4.82. The molecule has 2 nitrogen and oxygen atoms in total. The van der Waals surface area contributed by atoms with Crippen molar-refractivity contribution in [3.05, 3.63) is 108 Å². The lowest BCUT2D eigenvalue weighted by Crippen LogP contribution is -2.21. The van der Waals surface area contributed by atoms with Gasteiger partial charge in [-0.25, -0.2) is 0 Å².